The molecule has 0 bridgehead atoms. The molecule has 16 heavy (non-hydrogen) atoms. The van der Waals surface area contributed by atoms with E-state index in [4.69, 9.17) is 5.73 Å². The number of nitrogens with one attached hydrogen (secondary N) is 1. The van der Waals surface area contributed by atoms with Crippen molar-refractivity contribution in [3.05, 3.63) is 0 Å². The van der Waals surface area contributed by atoms with E-state index in [1.54, 1.807) is 0 Å². The Labute approximate surface area is 96.7 Å². The molecule has 0 aliphatic carbocycles. The summed E-state index contributed by atoms with van der Waals surface area (Å²) in [4.78, 5) is 21.8. The largest absolute Gasteiger partial charge is 0.469 e. The van der Waals surface area contributed by atoms with Crippen molar-refractivity contribution in [3.8, 4) is 0 Å². The van der Waals surface area contributed by atoms with Crippen LogP contribution in [0.5, 0.6) is 0 Å². The van der Waals surface area contributed by atoms with Gasteiger partial charge in [0, 0.05) is 13.0 Å². The van der Waals surface area contributed by atoms with Gasteiger partial charge in [-0.2, -0.15) is 0 Å². The Morgan fingerprint density at radius 1 is 1.31 bits per heavy atom. The third-order valence-corrected chi connectivity index (χ3v) is 2.33. The second-order valence-corrected chi connectivity index (χ2v) is 4.48. The van der Waals surface area contributed by atoms with Gasteiger partial charge in [0.2, 0.25) is 5.91 Å². The number of hydrogen-bond acceptors (Lipinski definition) is 4. The van der Waals surface area contributed by atoms with E-state index in [0.717, 1.165) is 19.4 Å². The molecule has 0 aromatic heterocycles. The summed E-state index contributed by atoms with van der Waals surface area (Å²) < 4.78 is 4.68. The minimum Gasteiger partial charge on any atom is -0.469 e. The van der Waals surface area contributed by atoms with Gasteiger partial charge in [0.25, 0.3) is 0 Å². The lowest BCUT2D eigenvalue weighted by atomic mass is 9.94. The summed E-state index contributed by atoms with van der Waals surface area (Å²) >= 11 is 0. The first-order valence-corrected chi connectivity index (χ1v) is 5.47. The van der Waals surface area contributed by atoms with Crippen LogP contribution in [0.4, 0.5) is 0 Å². The summed E-state index contributed by atoms with van der Waals surface area (Å²) in [6, 6.07) is 0. The summed E-state index contributed by atoms with van der Waals surface area (Å²) in [5, 5.41) is 3.16. The molecule has 5 nitrogen and oxygen atoms in total. The van der Waals surface area contributed by atoms with Crippen molar-refractivity contribution in [2.45, 2.75) is 33.1 Å². The van der Waals surface area contributed by atoms with Crippen LogP contribution in [0.15, 0.2) is 0 Å². The Kier molecular flexibility index (Phi) is 6.72. The summed E-state index contributed by atoms with van der Waals surface area (Å²) in [6.07, 6.45) is 2.07. The van der Waals surface area contributed by atoms with Crippen LogP contribution >= 0.6 is 0 Å². The van der Waals surface area contributed by atoms with Gasteiger partial charge in [0.15, 0.2) is 0 Å². The van der Waals surface area contributed by atoms with E-state index < -0.39 is 5.41 Å². The smallest absolute Gasteiger partial charge is 0.312 e. The monoisotopic (exact) mass is 230 g/mol. The van der Waals surface area contributed by atoms with Gasteiger partial charge in [0.1, 0.15) is 0 Å². The quantitative estimate of drug-likeness (QED) is 0.468. The van der Waals surface area contributed by atoms with Gasteiger partial charge in [-0.05, 0) is 33.2 Å². The summed E-state index contributed by atoms with van der Waals surface area (Å²) in [6.45, 7) is 4.99. The van der Waals surface area contributed by atoms with Crippen LogP contribution in [0.2, 0.25) is 0 Å². The van der Waals surface area contributed by atoms with Gasteiger partial charge in [-0.3, -0.25) is 9.59 Å². The Bertz CT molecular complexity index is 239. The highest BCUT2D eigenvalue weighted by Crippen LogP contribution is 2.15. The van der Waals surface area contributed by atoms with E-state index in [-0.39, 0.29) is 11.9 Å². The fourth-order valence-electron chi connectivity index (χ4n) is 1.30. The normalized spacial score (nSPS) is 11.2. The van der Waals surface area contributed by atoms with Crippen molar-refractivity contribution in [2.75, 3.05) is 20.2 Å². The first kappa shape index (κ1) is 14.9. The van der Waals surface area contributed by atoms with Gasteiger partial charge in [0.05, 0.1) is 12.5 Å². The van der Waals surface area contributed by atoms with Crippen LogP contribution in [0.3, 0.4) is 0 Å². The van der Waals surface area contributed by atoms with Gasteiger partial charge in [-0.1, -0.05) is 0 Å². The van der Waals surface area contributed by atoms with Gasteiger partial charge < -0.3 is 15.8 Å². The number of nitrogens with two attached hydrogens (primary N) is 1. The molecular weight excluding hydrogens is 208 g/mol. The van der Waals surface area contributed by atoms with Crippen LogP contribution in [-0.2, 0) is 14.3 Å². The standard InChI is InChI=1S/C11H22N2O3/c1-11(2,10(15)16-3)8-13-7-5-4-6-9(12)14/h13H,4-8H2,1-3H3,(H2,12,14). The lowest BCUT2D eigenvalue weighted by Gasteiger charge is -2.21. The first-order chi connectivity index (χ1) is 7.40. The molecule has 1 amide bonds. The van der Waals surface area contributed by atoms with Crippen molar-refractivity contribution < 1.29 is 14.3 Å². The SMILES string of the molecule is COC(=O)C(C)(C)CNCCCCC(N)=O. The van der Waals surface area contributed by atoms with E-state index in [1.807, 2.05) is 13.8 Å². The molecule has 0 aromatic carbocycles. The molecule has 0 radical (unpaired) electrons. The zero-order valence-electron chi connectivity index (χ0n) is 10.3. The van der Waals surface area contributed by atoms with E-state index in [0.29, 0.717) is 13.0 Å². The Morgan fingerprint density at radius 3 is 2.44 bits per heavy atom. The fourth-order valence-corrected chi connectivity index (χ4v) is 1.30. The van der Waals surface area contributed by atoms with Crippen molar-refractivity contribution in [2.24, 2.45) is 11.1 Å². The molecule has 5 heteroatoms. The molecule has 0 atom stereocenters. The van der Waals surface area contributed by atoms with Gasteiger partial charge in [-0.25, -0.2) is 0 Å². The number of amides is 1. The number of unbranched alkanes of at least 4 members (excludes halogenated alkanes) is 1. The molecule has 0 saturated heterocycles. The molecule has 0 spiro atoms. The number of esters is 1. The highest BCUT2D eigenvalue weighted by Gasteiger charge is 2.27. The number of ether oxygens (including phenoxy) is 1. The van der Waals surface area contributed by atoms with Crippen LogP contribution < -0.4 is 11.1 Å². The summed E-state index contributed by atoms with van der Waals surface area (Å²) in [7, 11) is 1.39. The molecule has 0 fully saturated rings. The Hall–Kier alpha value is -1.10. The van der Waals surface area contributed by atoms with Crippen LogP contribution in [0, 0.1) is 5.41 Å². The number of hydrogen-bond donors (Lipinski definition) is 2. The van der Waals surface area contributed by atoms with Crippen LogP contribution in [0.25, 0.3) is 0 Å². The lowest BCUT2D eigenvalue weighted by Crippen LogP contribution is -2.37. The number of rotatable bonds is 8. The highest BCUT2D eigenvalue weighted by molar-refractivity contribution is 5.76. The molecule has 3 N–H and O–H groups in total. The maximum absolute atomic E-state index is 11.3. The van der Waals surface area contributed by atoms with Crippen molar-refractivity contribution in [3.63, 3.8) is 0 Å². The molecule has 0 aromatic rings. The molecule has 0 saturated carbocycles. The second kappa shape index (κ2) is 7.22. The molecule has 0 aliphatic heterocycles. The predicted molar refractivity (Wildman–Crippen MR) is 61.7 cm³/mol. The zero-order valence-corrected chi connectivity index (χ0v) is 10.3. The number of primary amides is 1. The topological polar surface area (TPSA) is 81.4 Å². The van der Waals surface area contributed by atoms with Crippen LogP contribution in [0.1, 0.15) is 33.1 Å². The van der Waals surface area contributed by atoms with Gasteiger partial charge >= 0.3 is 5.97 Å². The third kappa shape index (κ3) is 6.40. The molecule has 0 heterocycles. The van der Waals surface area contributed by atoms with E-state index >= 15 is 0 Å². The molecule has 0 aliphatic rings. The van der Waals surface area contributed by atoms with E-state index in [2.05, 4.69) is 10.1 Å². The number of methoxy groups -OCH3 is 1. The zero-order chi connectivity index (χ0) is 12.6. The molecular formula is C11H22N2O3. The molecule has 0 rings (SSSR count). The molecule has 94 valence electrons. The molecule has 0 unspecified atom stereocenters. The van der Waals surface area contributed by atoms with Crippen molar-refractivity contribution in [1.29, 1.82) is 0 Å². The lowest BCUT2D eigenvalue weighted by molar-refractivity contribution is -0.150. The first-order valence-electron chi connectivity index (χ1n) is 5.47. The third-order valence-electron chi connectivity index (χ3n) is 2.33. The number of carbonyl (C=O) groups is 2. The minimum absolute atomic E-state index is 0.225. The average Bonchev–Trinajstić information content (AvgIpc) is 2.21. The van der Waals surface area contributed by atoms with Crippen molar-refractivity contribution >= 4 is 11.9 Å². The highest BCUT2D eigenvalue weighted by atomic mass is 16.5. The summed E-state index contributed by atoms with van der Waals surface area (Å²) in [5.74, 6) is -0.493. The van der Waals surface area contributed by atoms with E-state index in [1.165, 1.54) is 7.11 Å². The van der Waals surface area contributed by atoms with Gasteiger partial charge in [-0.15, -0.1) is 0 Å². The van der Waals surface area contributed by atoms with E-state index in [9.17, 15) is 9.59 Å². The summed E-state index contributed by atoms with van der Waals surface area (Å²) in [5.41, 5.74) is 4.50. The maximum atomic E-state index is 11.3. The second-order valence-electron chi connectivity index (χ2n) is 4.48. The number of carbonyl (C=O) groups excluding carboxylic acids is 2. The average molecular weight is 230 g/mol. The van der Waals surface area contributed by atoms with Crippen molar-refractivity contribution in [1.82, 2.24) is 5.32 Å². The minimum atomic E-state index is -0.515. The Morgan fingerprint density at radius 2 is 1.94 bits per heavy atom. The predicted octanol–water partition coefficient (Wildman–Crippen LogP) is 0.431. The maximum Gasteiger partial charge on any atom is 0.312 e. The Balaban J connectivity index is 3.58. The fraction of sp³-hybridized carbons (Fsp3) is 0.818. The van der Waals surface area contributed by atoms with Crippen LogP contribution in [-0.4, -0.2) is 32.1 Å².